The maximum atomic E-state index is 11.8. The molecule has 3 atom stereocenters. The summed E-state index contributed by atoms with van der Waals surface area (Å²) >= 11 is 0. The van der Waals surface area contributed by atoms with Crippen molar-refractivity contribution >= 4 is 6.03 Å². The average molecular weight is 226 g/mol. The van der Waals surface area contributed by atoms with Gasteiger partial charge in [-0.3, -0.25) is 0 Å². The van der Waals surface area contributed by atoms with Crippen molar-refractivity contribution in [2.24, 2.45) is 11.7 Å². The lowest BCUT2D eigenvalue weighted by molar-refractivity contribution is -0.0431. The fraction of sp³-hybridized carbons (Fsp3) is 0.923. The van der Waals surface area contributed by atoms with Crippen LogP contribution in [0.1, 0.15) is 60.3 Å². The Kier molecular flexibility index (Phi) is 3.56. The molecule has 2 N–H and O–H groups in total. The number of hydrogen-bond donors (Lipinski definition) is 1. The standard InChI is InChI=1S/C13H26N2O/c1-6-12(4)9-8-10(3)13(5,7-2)15(12)11(14)16/h10H,6-9H2,1-5H3,(H2,14,16). The van der Waals surface area contributed by atoms with Gasteiger partial charge in [0.05, 0.1) is 0 Å². The number of carbonyl (C=O) groups excluding carboxylic acids is 1. The molecule has 0 aromatic heterocycles. The van der Waals surface area contributed by atoms with E-state index in [9.17, 15) is 4.79 Å². The third-order valence-corrected chi connectivity index (χ3v) is 4.93. The van der Waals surface area contributed by atoms with Crippen LogP contribution in [0.25, 0.3) is 0 Å². The first-order valence-electron chi connectivity index (χ1n) is 6.41. The second kappa shape index (κ2) is 4.27. The molecule has 0 bridgehead atoms. The van der Waals surface area contributed by atoms with Crippen molar-refractivity contribution in [2.45, 2.75) is 71.4 Å². The van der Waals surface area contributed by atoms with Crippen LogP contribution in [0, 0.1) is 5.92 Å². The highest BCUT2D eigenvalue weighted by atomic mass is 16.2. The number of urea groups is 1. The Morgan fingerprint density at radius 2 is 1.94 bits per heavy atom. The summed E-state index contributed by atoms with van der Waals surface area (Å²) in [5.74, 6) is 0.518. The molecule has 1 heterocycles. The molecule has 94 valence electrons. The van der Waals surface area contributed by atoms with Crippen LogP contribution < -0.4 is 5.73 Å². The van der Waals surface area contributed by atoms with Crippen LogP contribution in [0.15, 0.2) is 0 Å². The smallest absolute Gasteiger partial charge is 0.315 e. The lowest BCUT2D eigenvalue weighted by atomic mass is 9.70. The third kappa shape index (κ3) is 1.80. The van der Waals surface area contributed by atoms with Crippen molar-refractivity contribution in [3.63, 3.8) is 0 Å². The quantitative estimate of drug-likeness (QED) is 0.772. The van der Waals surface area contributed by atoms with Gasteiger partial charge in [0, 0.05) is 11.1 Å². The Balaban J connectivity index is 3.17. The third-order valence-electron chi connectivity index (χ3n) is 4.93. The molecule has 0 aliphatic carbocycles. The molecule has 0 aromatic rings. The van der Waals surface area contributed by atoms with Gasteiger partial charge in [0.1, 0.15) is 0 Å². The number of hydrogen-bond acceptors (Lipinski definition) is 1. The van der Waals surface area contributed by atoms with Gasteiger partial charge in [0.25, 0.3) is 0 Å². The monoisotopic (exact) mass is 226 g/mol. The van der Waals surface area contributed by atoms with Gasteiger partial charge in [-0.15, -0.1) is 0 Å². The minimum atomic E-state index is -0.264. The van der Waals surface area contributed by atoms with Gasteiger partial charge in [0.2, 0.25) is 0 Å². The van der Waals surface area contributed by atoms with Crippen molar-refractivity contribution in [2.75, 3.05) is 0 Å². The number of piperidine rings is 1. The first kappa shape index (κ1) is 13.3. The lowest BCUT2D eigenvalue weighted by Gasteiger charge is -2.57. The van der Waals surface area contributed by atoms with Gasteiger partial charge in [0.15, 0.2) is 0 Å². The van der Waals surface area contributed by atoms with E-state index in [1.807, 2.05) is 4.90 Å². The number of amides is 2. The lowest BCUT2D eigenvalue weighted by Crippen LogP contribution is -2.67. The molecule has 3 nitrogen and oxygen atoms in total. The molecule has 0 radical (unpaired) electrons. The van der Waals surface area contributed by atoms with Gasteiger partial charge in [-0.2, -0.15) is 0 Å². The van der Waals surface area contributed by atoms with Crippen LogP contribution in [0.3, 0.4) is 0 Å². The molecule has 16 heavy (non-hydrogen) atoms. The molecule has 0 spiro atoms. The number of nitrogens with two attached hydrogens (primary N) is 1. The summed E-state index contributed by atoms with van der Waals surface area (Å²) in [6.45, 7) is 10.9. The Labute approximate surface area is 99.4 Å². The Bertz CT molecular complexity index is 279. The van der Waals surface area contributed by atoms with Crippen molar-refractivity contribution in [3.05, 3.63) is 0 Å². The van der Waals surface area contributed by atoms with E-state index in [-0.39, 0.29) is 17.1 Å². The maximum Gasteiger partial charge on any atom is 0.315 e. The van der Waals surface area contributed by atoms with Crippen LogP contribution in [0.4, 0.5) is 4.79 Å². The van der Waals surface area contributed by atoms with Gasteiger partial charge in [-0.1, -0.05) is 20.8 Å². The van der Waals surface area contributed by atoms with E-state index in [1.54, 1.807) is 0 Å². The van der Waals surface area contributed by atoms with E-state index >= 15 is 0 Å². The molecule has 0 saturated carbocycles. The molecule has 3 unspecified atom stereocenters. The summed E-state index contributed by atoms with van der Waals surface area (Å²) in [5.41, 5.74) is 5.46. The molecule has 0 aromatic carbocycles. The number of nitrogens with zero attached hydrogens (tertiary/aromatic N) is 1. The van der Waals surface area contributed by atoms with E-state index in [0.717, 1.165) is 19.3 Å². The zero-order chi connectivity index (χ0) is 12.6. The number of primary amides is 1. The molecule has 1 fully saturated rings. The fourth-order valence-electron chi connectivity index (χ4n) is 3.15. The summed E-state index contributed by atoms with van der Waals surface area (Å²) < 4.78 is 0. The van der Waals surface area contributed by atoms with Crippen molar-refractivity contribution in [3.8, 4) is 0 Å². The summed E-state index contributed by atoms with van der Waals surface area (Å²) in [6.07, 6.45) is 4.17. The van der Waals surface area contributed by atoms with Gasteiger partial charge >= 0.3 is 6.03 Å². The summed E-state index contributed by atoms with van der Waals surface area (Å²) in [7, 11) is 0. The van der Waals surface area contributed by atoms with Crippen LogP contribution in [-0.2, 0) is 0 Å². The highest BCUT2D eigenvalue weighted by Gasteiger charge is 2.50. The van der Waals surface area contributed by atoms with Gasteiger partial charge in [-0.05, 0) is 45.4 Å². The molecular formula is C13H26N2O. The number of likely N-dealkylation sites (tertiary alicyclic amines) is 1. The molecule has 1 rings (SSSR count). The zero-order valence-electron chi connectivity index (χ0n) is 11.3. The molecular weight excluding hydrogens is 200 g/mol. The largest absolute Gasteiger partial charge is 0.351 e. The minimum Gasteiger partial charge on any atom is -0.351 e. The minimum absolute atomic E-state index is 0.0664. The van der Waals surface area contributed by atoms with E-state index in [1.165, 1.54) is 6.42 Å². The van der Waals surface area contributed by atoms with Crippen molar-refractivity contribution < 1.29 is 4.79 Å². The first-order valence-corrected chi connectivity index (χ1v) is 6.41. The zero-order valence-corrected chi connectivity index (χ0v) is 11.3. The van der Waals surface area contributed by atoms with Gasteiger partial charge in [-0.25, -0.2) is 4.79 Å². The Hall–Kier alpha value is -0.730. The molecule has 1 saturated heterocycles. The van der Waals surface area contributed by atoms with Crippen LogP contribution in [0.2, 0.25) is 0 Å². The molecule has 3 heteroatoms. The van der Waals surface area contributed by atoms with E-state index in [4.69, 9.17) is 5.73 Å². The SMILES string of the molecule is CCC1(C)CCC(C)C(C)(CC)N1C(N)=O. The molecule has 1 aliphatic heterocycles. The van der Waals surface area contributed by atoms with Crippen LogP contribution in [0.5, 0.6) is 0 Å². The predicted molar refractivity (Wildman–Crippen MR) is 67.2 cm³/mol. The maximum absolute atomic E-state index is 11.8. The van der Waals surface area contributed by atoms with E-state index in [0.29, 0.717) is 5.92 Å². The second-order valence-electron chi connectivity index (χ2n) is 5.67. The average Bonchev–Trinajstić information content (AvgIpc) is 2.23. The highest BCUT2D eigenvalue weighted by Crippen LogP contribution is 2.45. The van der Waals surface area contributed by atoms with E-state index < -0.39 is 0 Å². The predicted octanol–water partition coefficient (Wildman–Crippen LogP) is 3.13. The van der Waals surface area contributed by atoms with Crippen molar-refractivity contribution in [1.82, 2.24) is 4.90 Å². The van der Waals surface area contributed by atoms with Crippen LogP contribution in [-0.4, -0.2) is 22.0 Å². The normalized spacial score (nSPS) is 39.8. The van der Waals surface area contributed by atoms with Gasteiger partial charge < -0.3 is 10.6 Å². The topological polar surface area (TPSA) is 46.3 Å². The van der Waals surface area contributed by atoms with E-state index in [2.05, 4.69) is 34.6 Å². The fourth-order valence-corrected chi connectivity index (χ4v) is 3.15. The summed E-state index contributed by atoms with van der Waals surface area (Å²) in [4.78, 5) is 13.7. The van der Waals surface area contributed by atoms with Crippen molar-refractivity contribution in [1.29, 1.82) is 0 Å². The Morgan fingerprint density at radius 1 is 1.38 bits per heavy atom. The first-order chi connectivity index (χ1) is 7.31. The highest BCUT2D eigenvalue weighted by molar-refractivity contribution is 5.74. The number of carbonyl (C=O) groups is 1. The summed E-state index contributed by atoms with van der Waals surface area (Å²) in [6, 6.07) is -0.264. The molecule has 1 aliphatic rings. The summed E-state index contributed by atoms with van der Waals surface area (Å²) in [5, 5.41) is 0. The molecule has 2 amide bonds. The number of rotatable bonds is 2. The second-order valence-corrected chi connectivity index (χ2v) is 5.67. The Morgan fingerprint density at radius 3 is 2.31 bits per heavy atom. The van der Waals surface area contributed by atoms with Crippen LogP contribution >= 0.6 is 0 Å².